The third kappa shape index (κ3) is 4.21. The van der Waals surface area contributed by atoms with Gasteiger partial charge in [-0.05, 0) is 43.5 Å². The van der Waals surface area contributed by atoms with E-state index >= 15 is 0 Å². The lowest BCUT2D eigenvalue weighted by Gasteiger charge is -2.31. The van der Waals surface area contributed by atoms with Crippen molar-refractivity contribution < 1.29 is 22.4 Å². The van der Waals surface area contributed by atoms with Gasteiger partial charge in [-0.2, -0.15) is 18.3 Å². The maximum absolute atomic E-state index is 13.1. The van der Waals surface area contributed by atoms with Crippen LogP contribution in [0.5, 0.6) is 0 Å². The molecule has 0 saturated heterocycles. The smallest absolute Gasteiger partial charge is 0.391 e. The van der Waals surface area contributed by atoms with Gasteiger partial charge in [0.2, 0.25) is 0 Å². The van der Waals surface area contributed by atoms with Crippen molar-refractivity contribution in [3.05, 3.63) is 60.5 Å². The molecule has 8 heteroatoms. The van der Waals surface area contributed by atoms with E-state index in [1.807, 2.05) is 18.2 Å². The number of benzene rings is 1. The lowest BCUT2D eigenvalue weighted by atomic mass is 9.85. The van der Waals surface area contributed by atoms with E-state index in [1.54, 1.807) is 30.3 Å². The number of carbonyl (C=O) groups is 1. The van der Waals surface area contributed by atoms with Crippen LogP contribution in [0.25, 0.3) is 17.1 Å². The molecule has 29 heavy (non-hydrogen) atoms. The maximum Gasteiger partial charge on any atom is 0.391 e. The van der Waals surface area contributed by atoms with Gasteiger partial charge in [0.15, 0.2) is 5.76 Å². The van der Waals surface area contributed by atoms with E-state index in [1.165, 1.54) is 10.9 Å². The number of carbonyl (C=O) groups excluding carboxylic acids is 1. The van der Waals surface area contributed by atoms with Crippen molar-refractivity contribution in [3.8, 4) is 17.1 Å². The number of aromatic nitrogens is 2. The first-order chi connectivity index (χ1) is 13.9. The number of halogens is 3. The second kappa shape index (κ2) is 7.77. The molecule has 1 aliphatic carbocycles. The predicted molar refractivity (Wildman–Crippen MR) is 101 cm³/mol. The zero-order valence-electron chi connectivity index (χ0n) is 15.5. The second-order valence-corrected chi connectivity index (χ2v) is 7.21. The molecule has 0 bridgehead atoms. The van der Waals surface area contributed by atoms with Gasteiger partial charge < -0.3 is 9.73 Å². The minimum Gasteiger partial charge on any atom is -0.463 e. The van der Waals surface area contributed by atoms with E-state index in [0.29, 0.717) is 30.0 Å². The Labute approximate surface area is 165 Å². The molecule has 2 heterocycles. The highest BCUT2D eigenvalue weighted by molar-refractivity contribution is 5.94. The first kappa shape index (κ1) is 19.3. The van der Waals surface area contributed by atoms with Crippen molar-refractivity contribution in [1.82, 2.24) is 15.1 Å². The normalized spacial score (nSPS) is 19.8. The highest BCUT2D eigenvalue weighted by Gasteiger charge is 2.42. The van der Waals surface area contributed by atoms with Crippen molar-refractivity contribution in [2.45, 2.75) is 37.9 Å². The van der Waals surface area contributed by atoms with Gasteiger partial charge >= 0.3 is 6.18 Å². The Morgan fingerprint density at radius 3 is 2.62 bits per heavy atom. The van der Waals surface area contributed by atoms with Gasteiger partial charge in [-0.3, -0.25) is 4.79 Å². The molecule has 2 atom stereocenters. The van der Waals surface area contributed by atoms with Crippen molar-refractivity contribution in [2.75, 3.05) is 0 Å². The summed E-state index contributed by atoms with van der Waals surface area (Å²) in [5, 5.41) is 7.25. The lowest BCUT2D eigenvalue weighted by molar-refractivity contribution is -0.183. The fourth-order valence-corrected chi connectivity index (χ4v) is 3.73. The van der Waals surface area contributed by atoms with Crippen LogP contribution in [0.2, 0.25) is 0 Å². The van der Waals surface area contributed by atoms with Crippen LogP contribution in [0, 0.1) is 5.92 Å². The zero-order chi connectivity index (χ0) is 20.4. The van der Waals surface area contributed by atoms with Crippen molar-refractivity contribution >= 4 is 5.91 Å². The number of hydrogen-bond donors (Lipinski definition) is 1. The number of rotatable bonds is 4. The first-order valence-electron chi connectivity index (χ1n) is 9.49. The number of furan rings is 1. The number of nitrogens with one attached hydrogen (secondary N) is 1. The Morgan fingerprint density at radius 1 is 1.14 bits per heavy atom. The standard InChI is InChI=1S/C21H20F3N3O2/c22-21(23,24)14-6-4-7-15(12-14)25-20(28)18-13-17(19-10-5-11-29-19)26-27(18)16-8-2-1-3-9-16/h1-3,5,8-11,13-15H,4,6-7,12H2,(H,25,28). The van der Waals surface area contributed by atoms with Gasteiger partial charge in [0.1, 0.15) is 11.4 Å². The van der Waals surface area contributed by atoms with Gasteiger partial charge in [0, 0.05) is 12.1 Å². The van der Waals surface area contributed by atoms with Crippen LogP contribution >= 0.6 is 0 Å². The summed E-state index contributed by atoms with van der Waals surface area (Å²) in [5.41, 5.74) is 1.39. The van der Waals surface area contributed by atoms with E-state index in [4.69, 9.17) is 4.42 Å². The quantitative estimate of drug-likeness (QED) is 0.668. The second-order valence-electron chi connectivity index (χ2n) is 7.21. The Morgan fingerprint density at radius 2 is 1.93 bits per heavy atom. The van der Waals surface area contributed by atoms with Crippen LogP contribution in [0.3, 0.4) is 0 Å². The van der Waals surface area contributed by atoms with Crippen molar-refractivity contribution in [1.29, 1.82) is 0 Å². The highest BCUT2D eigenvalue weighted by atomic mass is 19.4. The van der Waals surface area contributed by atoms with Crippen molar-refractivity contribution in [3.63, 3.8) is 0 Å². The molecule has 0 radical (unpaired) electrons. The summed E-state index contributed by atoms with van der Waals surface area (Å²) in [4.78, 5) is 13.0. The van der Waals surface area contributed by atoms with Gasteiger partial charge in [-0.15, -0.1) is 0 Å². The van der Waals surface area contributed by atoms with Crippen LogP contribution < -0.4 is 5.32 Å². The van der Waals surface area contributed by atoms with E-state index < -0.39 is 24.0 Å². The third-order valence-corrected chi connectivity index (χ3v) is 5.19. The largest absolute Gasteiger partial charge is 0.463 e. The van der Waals surface area contributed by atoms with Gasteiger partial charge in [0.05, 0.1) is 17.9 Å². The summed E-state index contributed by atoms with van der Waals surface area (Å²) in [7, 11) is 0. The zero-order valence-corrected chi connectivity index (χ0v) is 15.5. The topological polar surface area (TPSA) is 60.1 Å². The number of hydrogen-bond acceptors (Lipinski definition) is 3. The SMILES string of the molecule is O=C(NC1CCCC(C(F)(F)F)C1)c1cc(-c2ccco2)nn1-c1ccccc1. The molecule has 1 saturated carbocycles. The van der Waals surface area contributed by atoms with Crippen LogP contribution in [0.15, 0.2) is 59.2 Å². The highest BCUT2D eigenvalue weighted by Crippen LogP contribution is 2.37. The molecule has 1 N–H and O–H groups in total. The molecule has 1 aliphatic rings. The first-order valence-corrected chi connectivity index (χ1v) is 9.49. The van der Waals surface area contributed by atoms with Crippen molar-refractivity contribution in [2.24, 2.45) is 5.92 Å². The average Bonchev–Trinajstić information content (AvgIpc) is 3.38. The Bertz CT molecular complexity index is 965. The molecule has 0 spiro atoms. The summed E-state index contributed by atoms with van der Waals surface area (Å²) in [5.74, 6) is -1.32. The van der Waals surface area contributed by atoms with Gasteiger partial charge in [-0.25, -0.2) is 4.68 Å². The molecule has 1 fully saturated rings. The predicted octanol–water partition coefficient (Wildman–Crippen LogP) is 4.98. The molecule has 3 aromatic rings. The average molecular weight is 403 g/mol. The molecule has 4 rings (SSSR count). The molecule has 152 valence electrons. The lowest BCUT2D eigenvalue weighted by Crippen LogP contribution is -2.42. The van der Waals surface area contributed by atoms with E-state index in [2.05, 4.69) is 10.4 Å². The molecule has 2 unspecified atom stereocenters. The number of amides is 1. The summed E-state index contributed by atoms with van der Waals surface area (Å²) >= 11 is 0. The monoisotopic (exact) mass is 403 g/mol. The van der Waals surface area contributed by atoms with E-state index in [0.717, 1.165) is 0 Å². The summed E-state index contributed by atoms with van der Waals surface area (Å²) in [6, 6.07) is 13.6. The number of para-hydroxylation sites is 1. The Hall–Kier alpha value is -3.03. The number of alkyl halides is 3. The van der Waals surface area contributed by atoms with Crippen LogP contribution in [0.1, 0.15) is 36.2 Å². The molecular formula is C21H20F3N3O2. The van der Waals surface area contributed by atoms with Crippen LogP contribution in [-0.2, 0) is 0 Å². The minimum atomic E-state index is -4.23. The summed E-state index contributed by atoms with van der Waals surface area (Å²) in [6.07, 6.45) is -1.74. The summed E-state index contributed by atoms with van der Waals surface area (Å²) in [6.45, 7) is 0. The number of nitrogens with zero attached hydrogens (tertiary/aromatic N) is 2. The fraction of sp³-hybridized carbons (Fsp3) is 0.333. The van der Waals surface area contributed by atoms with Crippen LogP contribution in [0.4, 0.5) is 13.2 Å². The molecule has 0 aliphatic heterocycles. The molecule has 2 aromatic heterocycles. The van der Waals surface area contributed by atoms with E-state index in [9.17, 15) is 18.0 Å². The van der Waals surface area contributed by atoms with Gasteiger partial charge in [0.25, 0.3) is 5.91 Å². The van der Waals surface area contributed by atoms with E-state index in [-0.39, 0.29) is 18.5 Å². The Balaban J connectivity index is 1.60. The third-order valence-electron chi connectivity index (χ3n) is 5.19. The molecular weight excluding hydrogens is 383 g/mol. The maximum atomic E-state index is 13.1. The summed E-state index contributed by atoms with van der Waals surface area (Å²) < 4.78 is 46.1. The minimum absolute atomic E-state index is 0.0975. The molecule has 5 nitrogen and oxygen atoms in total. The molecule has 1 amide bonds. The van der Waals surface area contributed by atoms with Gasteiger partial charge in [-0.1, -0.05) is 24.6 Å². The van der Waals surface area contributed by atoms with Crippen LogP contribution in [-0.4, -0.2) is 27.9 Å². The molecule has 1 aromatic carbocycles. The Kier molecular flexibility index (Phi) is 5.17. The fourth-order valence-electron chi connectivity index (χ4n) is 3.73.